The van der Waals surface area contributed by atoms with Crippen molar-refractivity contribution in [2.75, 3.05) is 7.11 Å². The summed E-state index contributed by atoms with van der Waals surface area (Å²) in [4.78, 5) is 26.1. The van der Waals surface area contributed by atoms with E-state index in [0.29, 0.717) is 14.7 Å². The first-order chi connectivity index (χ1) is 12.4. The number of carbonyl (C=O) groups excluding carboxylic acids is 2. The summed E-state index contributed by atoms with van der Waals surface area (Å²) in [6.07, 6.45) is 1.58. The predicted octanol–water partition coefficient (Wildman–Crippen LogP) is 4.38. The standard InChI is InChI=1S/C18H13FINO4S/c1-25-14-7-11(6-13(20)16(14)22)8-15-17(23)21(18(24)26-15)9-10-2-4-12(19)5-3-10/h2-8,22H,9H2,1H3/b15-8-. The average Bonchev–Trinajstić information content (AvgIpc) is 2.87. The van der Waals surface area contributed by atoms with Gasteiger partial charge in [-0.05, 0) is 75.8 Å². The molecule has 3 rings (SSSR count). The number of methoxy groups -OCH3 is 1. The normalized spacial score (nSPS) is 15.8. The van der Waals surface area contributed by atoms with Crippen LogP contribution in [-0.2, 0) is 11.3 Å². The van der Waals surface area contributed by atoms with Gasteiger partial charge >= 0.3 is 0 Å². The van der Waals surface area contributed by atoms with Crippen LogP contribution in [-0.4, -0.2) is 28.3 Å². The molecule has 2 amide bonds. The first-order valence-electron chi connectivity index (χ1n) is 7.45. The van der Waals surface area contributed by atoms with Gasteiger partial charge in [0.15, 0.2) is 11.5 Å². The highest BCUT2D eigenvalue weighted by Crippen LogP contribution is 2.36. The molecule has 5 nitrogen and oxygen atoms in total. The molecule has 2 aromatic carbocycles. The molecule has 2 aromatic rings. The first kappa shape index (κ1) is 18.7. The lowest BCUT2D eigenvalue weighted by Crippen LogP contribution is -2.27. The molecule has 0 atom stereocenters. The van der Waals surface area contributed by atoms with Crippen LogP contribution in [0.1, 0.15) is 11.1 Å². The molecule has 0 radical (unpaired) electrons. The predicted molar refractivity (Wildman–Crippen MR) is 105 cm³/mol. The molecule has 134 valence electrons. The van der Waals surface area contributed by atoms with Gasteiger partial charge in [0, 0.05) is 0 Å². The second-order valence-electron chi connectivity index (χ2n) is 5.45. The number of nitrogens with zero attached hydrogens (tertiary/aromatic N) is 1. The summed E-state index contributed by atoms with van der Waals surface area (Å²) >= 11 is 2.80. The van der Waals surface area contributed by atoms with Crippen molar-refractivity contribution in [1.29, 1.82) is 0 Å². The molecule has 8 heteroatoms. The lowest BCUT2D eigenvalue weighted by molar-refractivity contribution is -0.123. The number of imide groups is 1. The monoisotopic (exact) mass is 485 g/mol. The highest BCUT2D eigenvalue weighted by Gasteiger charge is 2.35. The quantitative estimate of drug-likeness (QED) is 0.515. The third-order valence-electron chi connectivity index (χ3n) is 3.70. The minimum atomic E-state index is -0.411. The van der Waals surface area contributed by atoms with E-state index in [1.54, 1.807) is 18.2 Å². The van der Waals surface area contributed by atoms with E-state index in [-0.39, 0.29) is 34.0 Å². The van der Waals surface area contributed by atoms with Crippen LogP contribution in [0, 0.1) is 9.39 Å². The molecule has 26 heavy (non-hydrogen) atoms. The Bertz CT molecular complexity index is 914. The molecule has 1 N–H and O–H groups in total. The number of rotatable bonds is 4. The van der Waals surface area contributed by atoms with Crippen molar-refractivity contribution in [3.05, 3.63) is 61.8 Å². The molecule has 0 bridgehead atoms. The minimum Gasteiger partial charge on any atom is -0.504 e. The number of thioether (sulfide) groups is 1. The molecule has 0 aromatic heterocycles. The average molecular weight is 485 g/mol. The van der Waals surface area contributed by atoms with Gasteiger partial charge in [-0.25, -0.2) is 4.39 Å². The highest BCUT2D eigenvalue weighted by molar-refractivity contribution is 14.1. The maximum absolute atomic E-state index is 13.0. The first-order valence-corrected chi connectivity index (χ1v) is 9.35. The van der Waals surface area contributed by atoms with E-state index in [1.807, 2.05) is 22.6 Å². The number of ether oxygens (including phenoxy) is 1. The number of hydrogen-bond acceptors (Lipinski definition) is 5. The lowest BCUT2D eigenvalue weighted by atomic mass is 10.1. The molecule has 0 saturated carbocycles. The second-order valence-corrected chi connectivity index (χ2v) is 7.60. The van der Waals surface area contributed by atoms with Gasteiger partial charge in [-0.3, -0.25) is 14.5 Å². The fourth-order valence-electron chi connectivity index (χ4n) is 2.39. The number of carbonyl (C=O) groups is 2. The van der Waals surface area contributed by atoms with Crippen molar-refractivity contribution in [2.24, 2.45) is 0 Å². The molecule has 1 aliphatic heterocycles. The summed E-state index contributed by atoms with van der Waals surface area (Å²) in [5.74, 6) is -0.478. The maximum atomic E-state index is 13.0. The van der Waals surface area contributed by atoms with E-state index >= 15 is 0 Å². The fraction of sp³-hybridized carbons (Fsp3) is 0.111. The summed E-state index contributed by atoms with van der Waals surface area (Å²) in [7, 11) is 1.44. The summed E-state index contributed by atoms with van der Waals surface area (Å²) in [6, 6.07) is 8.92. The number of phenols is 1. The zero-order valence-corrected chi connectivity index (χ0v) is 16.5. The van der Waals surface area contributed by atoms with Crippen molar-refractivity contribution in [1.82, 2.24) is 4.90 Å². The number of halogens is 2. The van der Waals surface area contributed by atoms with Crippen molar-refractivity contribution in [2.45, 2.75) is 6.54 Å². The number of amides is 2. The van der Waals surface area contributed by atoms with E-state index in [0.717, 1.165) is 16.7 Å². The van der Waals surface area contributed by atoms with Gasteiger partial charge in [0.05, 0.1) is 22.1 Å². The molecular weight excluding hydrogens is 472 g/mol. The van der Waals surface area contributed by atoms with E-state index < -0.39 is 5.91 Å². The Balaban J connectivity index is 1.85. The minimum absolute atomic E-state index is 0.0228. The SMILES string of the molecule is COc1cc(/C=C2\SC(=O)N(Cc3ccc(F)cc3)C2=O)cc(I)c1O. The van der Waals surface area contributed by atoms with Gasteiger partial charge in [-0.1, -0.05) is 12.1 Å². The van der Waals surface area contributed by atoms with Crippen molar-refractivity contribution in [3.63, 3.8) is 0 Å². The molecule has 1 fully saturated rings. The number of aromatic hydroxyl groups is 1. The summed E-state index contributed by atoms with van der Waals surface area (Å²) in [5.41, 5.74) is 1.30. The van der Waals surface area contributed by atoms with Crippen LogP contribution in [0.25, 0.3) is 6.08 Å². The van der Waals surface area contributed by atoms with Gasteiger partial charge < -0.3 is 9.84 Å². The van der Waals surface area contributed by atoms with Crippen LogP contribution in [0.2, 0.25) is 0 Å². The zero-order chi connectivity index (χ0) is 18.8. The summed E-state index contributed by atoms with van der Waals surface area (Å²) in [6.45, 7) is 0.0821. The molecule has 0 unspecified atom stereocenters. The van der Waals surface area contributed by atoms with Gasteiger partial charge in [0.2, 0.25) is 0 Å². The van der Waals surface area contributed by atoms with Gasteiger partial charge in [-0.2, -0.15) is 0 Å². The van der Waals surface area contributed by atoms with E-state index in [4.69, 9.17) is 4.74 Å². The Morgan fingerprint density at radius 3 is 2.62 bits per heavy atom. The Labute approximate surface area is 167 Å². The topological polar surface area (TPSA) is 66.8 Å². The van der Waals surface area contributed by atoms with Crippen LogP contribution in [0.5, 0.6) is 11.5 Å². The van der Waals surface area contributed by atoms with Gasteiger partial charge in [-0.15, -0.1) is 0 Å². The highest BCUT2D eigenvalue weighted by atomic mass is 127. The smallest absolute Gasteiger partial charge is 0.293 e. The zero-order valence-electron chi connectivity index (χ0n) is 13.5. The third-order valence-corrected chi connectivity index (χ3v) is 5.43. The van der Waals surface area contributed by atoms with Gasteiger partial charge in [0.25, 0.3) is 11.1 Å². The fourth-order valence-corrected chi connectivity index (χ4v) is 3.86. The number of benzene rings is 2. The second kappa shape index (κ2) is 7.67. The Kier molecular flexibility index (Phi) is 5.52. The van der Waals surface area contributed by atoms with E-state index in [1.165, 1.54) is 31.4 Å². The largest absolute Gasteiger partial charge is 0.504 e. The van der Waals surface area contributed by atoms with Gasteiger partial charge in [0.1, 0.15) is 5.82 Å². The van der Waals surface area contributed by atoms with E-state index in [2.05, 4.69) is 0 Å². The Morgan fingerprint density at radius 2 is 1.96 bits per heavy atom. The lowest BCUT2D eigenvalue weighted by Gasteiger charge is -2.12. The molecule has 0 aliphatic carbocycles. The van der Waals surface area contributed by atoms with Crippen LogP contribution in [0.4, 0.5) is 9.18 Å². The molecule has 1 heterocycles. The van der Waals surface area contributed by atoms with Crippen LogP contribution in [0.3, 0.4) is 0 Å². The van der Waals surface area contributed by atoms with Crippen molar-refractivity contribution < 1.29 is 23.8 Å². The third kappa shape index (κ3) is 3.85. The van der Waals surface area contributed by atoms with Crippen LogP contribution in [0.15, 0.2) is 41.3 Å². The van der Waals surface area contributed by atoms with E-state index in [9.17, 15) is 19.1 Å². The number of phenolic OH excluding ortho intramolecular Hbond substituents is 1. The maximum Gasteiger partial charge on any atom is 0.293 e. The molecule has 1 saturated heterocycles. The molecule has 1 aliphatic rings. The van der Waals surface area contributed by atoms with Crippen molar-refractivity contribution in [3.8, 4) is 11.5 Å². The Morgan fingerprint density at radius 1 is 1.27 bits per heavy atom. The number of hydrogen-bond donors (Lipinski definition) is 1. The summed E-state index contributed by atoms with van der Waals surface area (Å²) in [5, 5.41) is 9.50. The summed E-state index contributed by atoms with van der Waals surface area (Å²) < 4.78 is 18.7. The molecular formula is C18H13FINO4S. The van der Waals surface area contributed by atoms with Crippen molar-refractivity contribution >= 4 is 51.6 Å². The molecule has 0 spiro atoms. The Hall–Kier alpha value is -2.07. The van der Waals surface area contributed by atoms with Crippen LogP contribution < -0.4 is 4.74 Å². The van der Waals surface area contributed by atoms with Crippen LogP contribution >= 0.6 is 34.4 Å².